The Bertz CT molecular complexity index is 628. The average molecular weight is 365 g/mol. The molecule has 107 valence electrons. The molecule has 1 radical (unpaired) electrons. The van der Waals surface area contributed by atoms with Gasteiger partial charge in [0.1, 0.15) is 11.3 Å². The van der Waals surface area contributed by atoms with Gasteiger partial charge < -0.3 is 11.2 Å². The van der Waals surface area contributed by atoms with E-state index < -0.39 is 0 Å². The molecule has 0 aliphatic rings. The van der Waals surface area contributed by atoms with Gasteiger partial charge in [0.05, 0.1) is 11.0 Å². The third-order valence-corrected chi connectivity index (χ3v) is 4.01. The van der Waals surface area contributed by atoms with E-state index in [0.717, 1.165) is 24.3 Å². The van der Waals surface area contributed by atoms with E-state index in [1.807, 2.05) is 6.92 Å². The zero-order chi connectivity index (χ0) is 14.0. The van der Waals surface area contributed by atoms with E-state index in [-0.39, 0.29) is 84.0 Å². The maximum Gasteiger partial charge on any atom is 1.00 e. The van der Waals surface area contributed by atoms with Crippen molar-refractivity contribution in [1.29, 1.82) is 0 Å². The van der Waals surface area contributed by atoms with Crippen LogP contribution in [-0.4, -0.2) is 15.1 Å². The number of rotatable bonds is 5. The zero-order valence-corrected chi connectivity index (χ0v) is 18.8. The number of carbonyl (C=O) groups is 1. The maximum atomic E-state index is 11.3. The predicted molar refractivity (Wildman–Crippen MR) is 81.9 cm³/mol. The van der Waals surface area contributed by atoms with Crippen LogP contribution in [0.25, 0.3) is 11.0 Å². The van der Waals surface area contributed by atoms with Crippen LogP contribution in [0.1, 0.15) is 29.8 Å². The summed E-state index contributed by atoms with van der Waals surface area (Å²) in [6.45, 7) is 10.7. The van der Waals surface area contributed by atoms with E-state index >= 15 is 0 Å². The summed E-state index contributed by atoms with van der Waals surface area (Å²) in [4.78, 5) is 16.0. The fraction of sp³-hybridized carbons (Fsp3) is 0.400. The van der Waals surface area contributed by atoms with Crippen molar-refractivity contribution in [2.24, 2.45) is 0 Å². The molecule has 0 saturated carbocycles. The van der Waals surface area contributed by atoms with Crippen LogP contribution in [0, 0.1) is 27.4 Å². The number of nitrogens with zero attached hydrogens (tertiary/aromatic N) is 2. The number of carbonyl (C=O) groups excluding carboxylic acids is 1. The first-order chi connectivity index (χ1) is 9.02. The third kappa shape index (κ3) is 5.54. The number of aryl methyl sites for hydroxylation is 4. The summed E-state index contributed by atoms with van der Waals surface area (Å²) in [6, 6.07) is 4.33. The van der Waals surface area contributed by atoms with Crippen LogP contribution in [0.5, 0.6) is 0 Å². The molecular weight excluding hydrogens is 345 g/mol. The topological polar surface area (TPSA) is 34.9 Å². The van der Waals surface area contributed by atoms with E-state index in [1.54, 1.807) is 0 Å². The van der Waals surface area contributed by atoms with Crippen molar-refractivity contribution < 1.29 is 74.7 Å². The number of aromatic nitrogens is 2. The van der Waals surface area contributed by atoms with Gasteiger partial charge in [-0.3, -0.25) is 4.79 Å². The van der Waals surface area contributed by atoms with Gasteiger partial charge in [0.15, 0.2) is 0 Å². The van der Waals surface area contributed by atoms with Crippen molar-refractivity contribution in [3.63, 3.8) is 0 Å². The summed E-state index contributed by atoms with van der Waals surface area (Å²) in [5, 5.41) is 0. The number of hydrogen-bond donors (Lipinski definition) is 0. The molecule has 2 rings (SSSR count). The van der Waals surface area contributed by atoms with E-state index in [1.165, 1.54) is 16.6 Å². The van der Waals surface area contributed by atoms with Crippen molar-refractivity contribution >= 4 is 25.1 Å². The summed E-state index contributed by atoms with van der Waals surface area (Å²) >= 11 is 0. The maximum absolute atomic E-state index is 11.3. The first kappa shape index (κ1) is 22.0. The molecule has 0 bridgehead atoms. The van der Waals surface area contributed by atoms with E-state index in [9.17, 15) is 4.79 Å². The number of fused-ring (bicyclic) bond motifs is 1. The van der Waals surface area contributed by atoms with Gasteiger partial charge in [0.2, 0.25) is 0 Å². The molecule has 1 heterocycles. The fourth-order valence-electron chi connectivity index (χ4n) is 2.45. The smallest absolute Gasteiger partial charge is 0.328 e. The Morgan fingerprint density at radius 1 is 1.33 bits per heavy atom. The van der Waals surface area contributed by atoms with Crippen LogP contribution >= 0.6 is 8.58 Å². The van der Waals surface area contributed by atoms with E-state index in [0.29, 0.717) is 6.42 Å². The summed E-state index contributed by atoms with van der Waals surface area (Å²) in [6.07, 6.45) is 1.48. The first-order valence-corrected chi connectivity index (χ1v) is 7.73. The summed E-state index contributed by atoms with van der Waals surface area (Å²) in [7, 11) is 0.167. The summed E-state index contributed by atoms with van der Waals surface area (Å²) in [5.41, 5.74) is 4.98. The van der Waals surface area contributed by atoms with Crippen molar-refractivity contribution in [2.75, 3.05) is 0 Å². The molecule has 1 atom stereocenters. The number of hydrogen-bond acceptors (Lipinski definition) is 2. The molecule has 0 saturated heterocycles. The summed E-state index contributed by atoms with van der Waals surface area (Å²) in [5.74, 6) is 1.02. The number of imidazole rings is 1. The van der Waals surface area contributed by atoms with Crippen LogP contribution in [-0.2, 0) is 29.9 Å². The third-order valence-electron chi connectivity index (χ3n) is 3.36. The van der Waals surface area contributed by atoms with Crippen molar-refractivity contribution in [3.8, 4) is 0 Å². The minimum absolute atomic E-state index is 0. The largest absolute Gasteiger partial charge is 1.00 e. The molecule has 21 heavy (non-hydrogen) atoms. The molecular formula is C15H20KN2OPV. The SMILES string of the molecule is [CH2-]PC(=O)CCCn1c(C)nc2c(C)cc(C)cc21.[K+].[V]. The Morgan fingerprint density at radius 2 is 2.00 bits per heavy atom. The monoisotopic (exact) mass is 365 g/mol. The molecule has 1 aromatic heterocycles. The van der Waals surface area contributed by atoms with Crippen LogP contribution in [0.15, 0.2) is 12.1 Å². The molecule has 6 heteroatoms. The van der Waals surface area contributed by atoms with Crippen LogP contribution < -0.4 is 51.4 Å². The van der Waals surface area contributed by atoms with Gasteiger partial charge in [-0.1, -0.05) is 6.07 Å². The minimum atomic E-state index is 0. The van der Waals surface area contributed by atoms with Crippen LogP contribution in [0.3, 0.4) is 0 Å². The van der Waals surface area contributed by atoms with Gasteiger partial charge >= 0.3 is 51.4 Å². The average Bonchev–Trinajstić information content (AvgIpc) is 2.67. The Kier molecular flexibility index (Phi) is 10.5. The standard InChI is InChI=1S/C15H20N2OP.K.V/c1-10-8-11(2)15-13(9-10)17(12(3)16-15)7-5-6-14(18)19-4;;/h8-9,19H,4-7H2,1-3H3;;/q-1;+1;. The Labute approximate surface area is 183 Å². The molecule has 3 nitrogen and oxygen atoms in total. The molecule has 1 aromatic carbocycles. The Hall–Kier alpha value is 1.01. The number of benzene rings is 1. The van der Waals surface area contributed by atoms with Gasteiger partial charge in [-0.25, -0.2) is 13.6 Å². The molecule has 0 N–H and O–H groups in total. The molecule has 1 unspecified atom stereocenters. The van der Waals surface area contributed by atoms with Gasteiger partial charge in [-0.2, -0.15) is 0 Å². The van der Waals surface area contributed by atoms with Crippen molar-refractivity contribution in [2.45, 2.75) is 40.2 Å². The van der Waals surface area contributed by atoms with Gasteiger partial charge in [0, 0.05) is 31.5 Å². The molecule has 0 aliphatic carbocycles. The Morgan fingerprint density at radius 3 is 2.62 bits per heavy atom. The van der Waals surface area contributed by atoms with Gasteiger partial charge in [-0.05, 0) is 44.4 Å². The van der Waals surface area contributed by atoms with Crippen LogP contribution in [0.2, 0.25) is 0 Å². The second-order valence-corrected chi connectivity index (χ2v) is 5.87. The molecule has 0 aliphatic heterocycles. The zero-order valence-electron chi connectivity index (χ0n) is 13.2. The van der Waals surface area contributed by atoms with Crippen molar-refractivity contribution in [3.05, 3.63) is 35.7 Å². The molecule has 2 aromatic rings. The summed E-state index contributed by atoms with van der Waals surface area (Å²) < 4.78 is 2.22. The van der Waals surface area contributed by atoms with Gasteiger partial charge in [0.25, 0.3) is 0 Å². The second kappa shape index (κ2) is 10.00. The molecule has 0 fully saturated rings. The van der Waals surface area contributed by atoms with E-state index in [4.69, 9.17) is 0 Å². The first-order valence-electron chi connectivity index (χ1n) is 6.53. The Balaban J connectivity index is 0.00000200. The predicted octanol–water partition coefficient (Wildman–Crippen LogP) is 0.740. The normalized spacial score (nSPS) is 10.7. The minimum Gasteiger partial charge on any atom is -0.328 e. The van der Waals surface area contributed by atoms with Gasteiger partial charge in [-0.15, -0.1) is 0 Å². The molecule has 0 amide bonds. The second-order valence-electron chi connectivity index (χ2n) is 4.96. The van der Waals surface area contributed by atoms with Crippen LogP contribution in [0.4, 0.5) is 0 Å². The van der Waals surface area contributed by atoms with Crippen molar-refractivity contribution in [1.82, 2.24) is 9.55 Å². The fourth-order valence-corrected chi connectivity index (χ4v) is 2.81. The quantitative estimate of drug-likeness (QED) is 0.445. The molecule has 0 spiro atoms. The van der Waals surface area contributed by atoms with E-state index in [2.05, 4.69) is 42.2 Å².